The van der Waals surface area contributed by atoms with E-state index in [1.54, 1.807) is 0 Å². The molecule has 0 spiro atoms. The van der Waals surface area contributed by atoms with E-state index in [9.17, 15) is 17.6 Å². The van der Waals surface area contributed by atoms with Gasteiger partial charge in [-0.1, -0.05) is 12.1 Å². The van der Waals surface area contributed by atoms with Crippen LogP contribution in [-0.2, 0) is 6.18 Å². The number of rotatable bonds is 4. The van der Waals surface area contributed by atoms with Gasteiger partial charge in [0.2, 0.25) is 11.8 Å². The zero-order chi connectivity index (χ0) is 22.9. The highest BCUT2D eigenvalue weighted by molar-refractivity contribution is 5.74. The average molecular weight is 442 g/mol. The lowest BCUT2D eigenvalue weighted by Gasteiger charge is -2.15. The van der Waals surface area contributed by atoms with Gasteiger partial charge in [-0.05, 0) is 29.8 Å². The maximum absolute atomic E-state index is 14.8. The molecule has 7 nitrogen and oxygen atoms in total. The summed E-state index contributed by atoms with van der Waals surface area (Å²) in [5.74, 6) is -0.929. The minimum absolute atomic E-state index is 0.0644. The van der Waals surface area contributed by atoms with Crippen LogP contribution in [0.2, 0.25) is 0 Å². The molecule has 0 atom stereocenters. The van der Waals surface area contributed by atoms with E-state index >= 15 is 0 Å². The molecule has 0 aliphatic rings. The molecule has 4 aromatic rings. The molecule has 2 aromatic heterocycles. The maximum atomic E-state index is 14.8. The van der Waals surface area contributed by atoms with Crippen molar-refractivity contribution < 1.29 is 22.3 Å². The Morgan fingerprint density at radius 3 is 2.22 bits per heavy atom. The van der Waals surface area contributed by atoms with Crippen LogP contribution in [0.15, 0.2) is 61.1 Å². The van der Waals surface area contributed by atoms with Crippen molar-refractivity contribution >= 4 is 11.6 Å². The van der Waals surface area contributed by atoms with Crippen LogP contribution in [0.3, 0.4) is 0 Å². The number of nitrogens with two attached hydrogens (primary N) is 2. The second-order valence-corrected chi connectivity index (χ2v) is 6.60. The van der Waals surface area contributed by atoms with Crippen molar-refractivity contribution in [2.24, 2.45) is 0 Å². The number of halogens is 4. The molecule has 0 bridgehead atoms. The van der Waals surface area contributed by atoms with Crippen molar-refractivity contribution in [1.29, 1.82) is 0 Å². The standard InChI is InChI=1S/C21H14F4N6O/c22-16-7-11(1-3-15(16)19-29-9-13(26)10-30-19)14-4-2-12(21(23,24)25)8-17(14)32-18-5-6-28-20(27)31-18/h1-10H,26H2,(H2,27,28,31). The van der Waals surface area contributed by atoms with Gasteiger partial charge in [-0.25, -0.2) is 19.3 Å². The SMILES string of the molecule is Nc1cnc(-c2ccc(-c3ccc(C(F)(F)F)cc3Oc3ccnc(N)n3)cc2F)nc1. The Hall–Kier alpha value is -4.28. The van der Waals surface area contributed by atoms with Crippen molar-refractivity contribution in [2.45, 2.75) is 6.18 Å². The third-order valence-electron chi connectivity index (χ3n) is 4.36. The number of nitrogens with zero attached hydrogens (tertiary/aromatic N) is 4. The molecule has 11 heteroatoms. The van der Waals surface area contributed by atoms with E-state index in [0.29, 0.717) is 5.69 Å². The number of aromatic nitrogens is 4. The van der Waals surface area contributed by atoms with E-state index in [2.05, 4.69) is 19.9 Å². The minimum atomic E-state index is -4.61. The molecule has 32 heavy (non-hydrogen) atoms. The van der Waals surface area contributed by atoms with Gasteiger partial charge in [0.25, 0.3) is 0 Å². The molecule has 4 rings (SSSR count). The van der Waals surface area contributed by atoms with Gasteiger partial charge in [0.1, 0.15) is 11.6 Å². The van der Waals surface area contributed by atoms with E-state index in [-0.39, 0.29) is 40.1 Å². The molecule has 0 unspecified atom stereocenters. The van der Waals surface area contributed by atoms with E-state index in [0.717, 1.165) is 18.2 Å². The molecule has 0 aliphatic carbocycles. The molecule has 162 valence electrons. The molecular weight excluding hydrogens is 428 g/mol. The quantitative estimate of drug-likeness (QED) is 0.440. The fourth-order valence-electron chi connectivity index (χ4n) is 2.89. The molecule has 4 N–H and O–H groups in total. The molecule has 2 aromatic carbocycles. The first-order valence-corrected chi connectivity index (χ1v) is 9.06. The molecule has 0 saturated carbocycles. The highest BCUT2D eigenvalue weighted by atomic mass is 19.4. The Morgan fingerprint density at radius 2 is 1.56 bits per heavy atom. The number of hydrogen-bond acceptors (Lipinski definition) is 7. The van der Waals surface area contributed by atoms with Crippen molar-refractivity contribution in [1.82, 2.24) is 19.9 Å². The number of alkyl halides is 3. The Kier molecular flexibility index (Phi) is 5.31. The summed E-state index contributed by atoms with van der Waals surface area (Å²) in [5, 5.41) is 0. The molecule has 0 saturated heterocycles. The predicted molar refractivity (Wildman–Crippen MR) is 109 cm³/mol. The lowest BCUT2D eigenvalue weighted by Crippen LogP contribution is -2.05. The highest BCUT2D eigenvalue weighted by Crippen LogP contribution is 2.39. The Balaban J connectivity index is 1.78. The summed E-state index contributed by atoms with van der Waals surface area (Å²) in [6.07, 6.45) is -0.634. The van der Waals surface area contributed by atoms with Gasteiger partial charge in [0.15, 0.2) is 5.82 Å². The zero-order valence-electron chi connectivity index (χ0n) is 16.1. The van der Waals surface area contributed by atoms with Crippen molar-refractivity contribution in [3.63, 3.8) is 0 Å². The Morgan fingerprint density at radius 1 is 0.844 bits per heavy atom. The molecule has 2 heterocycles. The van der Waals surface area contributed by atoms with Crippen molar-refractivity contribution in [3.05, 3.63) is 72.4 Å². The van der Waals surface area contributed by atoms with Crippen LogP contribution in [0.5, 0.6) is 11.6 Å². The van der Waals surface area contributed by atoms with Gasteiger partial charge in [0.05, 0.1) is 29.2 Å². The minimum Gasteiger partial charge on any atom is -0.438 e. The zero-order valence-corrected chi connectivity index (χ0v) is 16.1. The van der Waals surface area contributed by atoms with Crippen LogP contribution in [-0.4, -0.2) is 19.9 Å². The summed E-state index contributed by atoms with van der Waals surface area (Å²) in [6.45, 7) is 0. The summed E-state index contributed by atoms with van der Waals surface area (Å²) in [6, 6.07) is 8.30. The number of ether oxygens (including phenoxy) is 1. The topological polar surface area (TPSA) is 113 Å². The number of hydrogen-bond donors (Lipinski definition) is 2. The summed E-state index contributed by atoms with van der Waals surface area (Å²) in [4.78, 5) is 15.5. The van der Waals surface area contributed by atoms with Gasteiger partial charge >= 0.3 is 6.18 Å². The second kappa shape index (κ2) is 8.10. The largest absolute Gasteiger partial charge is 0.438 e. The van der Waals surface area contributed by atoms with Crippen molar-refractivity contribution in [3.8, 4) is 34.1 Å². The molecule has 0 amide bonds. The molecule has 0 fully saturated rings. The summed E-state index contributed by atoms with van der Waals surface area (Å²) in [5.41, 5.74) is 11.0. The van der Waals surface area contributed by atoms with Crippen LogP contribution in [0.25, 0.3) is 22.5 Å². The van der Waals surface area contributed by atoms with Gasteiger partial charge in [-0.3, -0.25) is 0 Å². The first-order chi connectivity index (χ1) is 15.2. The maximum Gasteiger partial charge on any atom is 0.416 e. The first-order valence-electron chi connectivity index (χ1n) is 9.06. The number of anilines is 2. The lowest BCUT2D eigenvalue weighted by molar-refractivity contribution is -0.137. The lowest BCUT2D eigenvalue weighted by atomic mass is 10.0. The summed E-state index contributed by atoms with van der Waals surface area (Å²) < 4.78 is 60.2. The average Bonchev–Trinajstić information content (AvgIpc) is 2.74. The predicted octanol–water partition coefficient (Wildman–Crippen LogP) is 4.72. The molecule has 0 radical (unpaired) electrons. The van der Waals surface area contributed by atoms with Gasteiger partial charge in [-0.15, -0.1) is 0 Å². The second-order valence-electron chi connectivity index (χ2n) is 6.60. The van der Waals surface area contributed by atoms with E-state index < -0.39 is 17.6 Å². The van der Waals surface area contributed by atoms with Crippen LogP contribution in [0.1, 0.15) is 5.56 Å². The number of benzene rings is 2. The third kappa shape index (κ3) is 4.41. The third-order valence-corrected chi connectivity index (χ3v) is 4.36. The van der Waals surface area contributed by atoms with Gasteiger partial charge in [-0.2, -0.15) is 18.2 Å². The van der Waals surface area contributed by atoms with Crippen LogP contribution < -0.4 is 16.2 Å². The smallest absolute Gasteiger partial charge is 0.416 e. The van der Waals surface area contributed by atoms with Crippen molar-refractivity contribution in [2.75, 3.05) is 11.5 Å². The highest BCUT2D eigenvalue weighted by Gasteiger charge is 2.31. The number of nitrogen functional groups attached to an aromatic ring is 2. The van der Waals surface area contributed by atoms with E-state index in [1.807, 2.05) is 0 Å². The summed E-state index contributed by atoms with van der Waals surface area (Å²) in [7, 11) is 0. The molecular formula is C21H14F4N6O. The van der Waals surface area contributed by atoms with Crippen LogP contribution in [0, 0.1) is 5.82 Å². The molecule has 0 aliphatic heterocycles. The van der Waals surface area contributed by atoms with E-state index in [4.69, 9.17) is 16.2 Å². The fourth-order valence-corrected chi connectivity index (χ4v) is 2.89. The Labute approximate surface area is 178 Å². The van der Waals surface area contributed by atoms with Gasteiger partial charge < -0.3 is 16.2 Å². The normalized spacial score (nSPS) is 11.4. The van der Waals surface area contributed by atoms with Gasteiger partial charge in [0, 0.05) is 17.8 Å². The fraction of sp³-hybridized carbons (Fsp3) is 0.0476. The Bertz CT molecular complexity index is 1280. The first kappa shape index (κ1) is 21.0. The van der Waals surface area contributed by atoms with Crippen LogP contribution in [0.4, 0.5) is 29.2 Å². The summed E-state index contributed by atoms with van der Waals surface area (Å²) >= 11 is 0. The van der Waals surface area contributed by atoms with Crippen LogP contribution >= 0.6 is 0 Å². The monoisotopic (exact) mass is 442 g/mol. The van der Waals surface area contributed by atoms with E-state index in [1.165, 1.54) is 42.9 Å².